The van der Waals surface area contributed by atoms with Gasteiger partial charge >= 0.3 is 0 Å². The maximum atomic E-state index is 12.6. The molecule has 0 aliphatic heterocycles. The van der Waals surface area contributed by atoms with Crippen molar-refractivity contribution >= 4 is 5.78 Å². The van der Waals surface area contributed by atoms with Crippen molar-refractivity contribution in [3.05, 3.63) is 58.9 Å². The van der Waals surface area contributed by atoms with Crippen LogP contribution in [0, 0.1) is 39.9 Å². The van der Waals surface area contributed by atoms with E-state index in [1.54, 1.807) is 12.7 Å². The number of hydrogen-bond donors (Lipinski definition) is 0. The van der Waals surface area contributed by atoms with Crippen LogP contribution in [-0.4, -0.2) is 26.1 Å². The van der Waals surface area contributed by atoms with Gasteiger partial charge in [0.25, 0.3) is 0 Å². The maximum Gasteiger partial charge on any atom is 0.175 e. The number of fused-ring (bicyclic) bond motifs is 2. The van der Waals surface area contributed by atoms with Crippen LogP contribution in [0.1, 0.15) is 87.0 Å². The van der Waals surface area contributed by atoms with Crippen LogP contribution >= 0.6 is 0 Å². The molecule has 5 aliphatic rings. The molecule has 4 unspecified atom stereocenters. The molecule has 4 heteroatoms. The minimum atomic E-state index is -0.398. The summed E-state index contributed by atoms with van der Waals surface area (Å²) in [5.74, 6) is 3.23. The third kappa shape index (κ3) is 5.04. The van der Waals surface area contributed by atoms with E-state index in [0.29, 0.717) is 30.3 Å². The molecule has 5 aliphatic carbocycles. The summed E-state index contributed by atoms with van der Waals surface area (Å²) in [4.78, 5) is 22.8. The van der Waals surface area contributed by atoms with Crippen LogP contribution in [0.4, 0.5) is 0 Å². The van der Waals surface area contributed by atoms with Crippen molar-refractivity contribution in [3.63, 3.8) is 0 Å². The first-order valence-electron chi connectivity index (χ1n) is 14.8. The average Bonchev–Trinajstić information content (AvgIpc) is 2.88. The fraction of sp³-hybridized carbons (Fsp3) is 0.676. The second-order valence-corrected chi connectivity index (χ2v) is 13.2. The minimum Gasteiger partial charge on any atom is -0.486 e. The van der Waals surface area contributed by atoms with E-state index in [1.165, 1.54) is 24.0 Å². The second-order valence-electron chi connectivity index (χ2n) is 13.2. The molecular formula is C34H50O4. The van der Waals surface area contributed by atoms with Gasteiger partial charge in [0.2, 0.25) is 0 Å². The Kier molecular flexibility index (Phi) is 8.64. The minimum absolute atomic E-state index is 0.0467. The van der Waals surface area contributed by atoms with Crippen LogP contribution in [0.2, 0.25) is 0 Å². The van der Waals surface area contributed by atoms with Gasteiger partial charge in [-0.2, -0.15) is 0 Å². The summed E-state index contributed by atoms with van der Waals surface area (Å²) in [6.45, 7) is 16.1. The van der Waals surface area contributed by atoms with E-state index in [9.17, 15) is 4.79 Å². The highest BCUT2D eigenvalue weighted by molar-refractivity contribution is 5.84. The predicted octanol–water partition coefficient (Wildman–Crippen LogP) is 8.33. The largest absolute Gasteiger partial charge is 0.486 e. The molecule has 38 heavy (non-hydrogen) atoms. The van der Waals surface area contributed by atoms with Gasteiger partial charge in [-0.25, -0.2) is 9.78 Å². The van der Waals surface area contributed by atoms with Crippen molar-refractivity contribution in [1.29, 1.82) is 0 Å². The third-order valence-electron chi connectivity index (χ3n) is 10.3. The number of carbonyl (C=O) groups excluding carboxylic acids is 1. The number of Topliss-reactive ketones (excluding diaryl/α,β-unsaturated/α-hetero) is 1. The summed E-state index contributed by atoms with van der Waals surface area (Å²) in [6, 6.07) is 0. The number of hydrogen-bond acceptors (Lipinski definition) is 4. The normalized spacial score (nSPS) is 32.0. The van der Waals surface area contributed by atoms with Crippen LogP contribution < -0.4 is 0 Å². The van der Waals surface area contributed by atoms with E-state index in [1.807, 2.05) is 20.8 Å². The van der Waals surface area contributed by atoms with Crippen molar-refractivity contribution < 1.29 is 19.3 Å². The molecule has 1 spiro atoms. The SMILES string of the molecule is CCC1(CC)C2=CCC(C(C)C2)C2C=CC(CCOOC)=CC2[C@@]12C=CC(OCC(=O)C(C)(C)C)=C(C)C2. The molecule has 5 rings (SSSR count). The van der Waals surface area contributed by atoms with Crippen LogP contribution in [0.3, 0.4) is 0 Å². The Labute approximate surface area is 231 Å². The summed E-state index contributed by atoms with van der Waals surface area (Å²) in [6.07, 6.45) is 21.2. The van der Waals surface area contributed by atoms with Gasteiger partial charge in [-0.1, -0.05) is 77.5 Å². The predicted molar refractivity (Wildman–Crippen MR) is 154 cm³/mol. The van der Waals surface area contributed by atoms with Gasteiger partial charge in [0.15, 0.2) is 5.78 Å². The monoisotopic (exact) mass is 522 g/mol. The molecule has 0 radical (unpaired) electrons. The molecule has 0 heterocycles. The molecule has 0 N–H and O–H groups in total. The van der Waals surface area contributed by atoms with Crippen LogP contribution in [-0.2, 0) is 19.3 Å². The molecule has 0 aromatic heterocycles. The van der Waals surface area contributed by atoms with Crippen LogP contribution in [0.25, 0.3) is 0 Å². The standard InChI is InChI=1S/C34H50O4/c1-9-33(10-2)26-12-14-27(23(3)19-26)28-13-11-25(16-18-38-36-8)20-29(28)34(33)17-15-30(24(4)21-34)37-22-31(35)32(5,6)7/h11-13,15,17,20,23,27-29H,9-10,14,16,18-19,21-22H2,1-8H3/t23?,27?,28?,29?,34-/m0/s1. The molecule has 1 saturated carbocycles. The van der Waals surface area contributed by atoms with Gasteiger partial charge in [-0.15, -0.1) is 0 Å². The van der Waals surface area contributed by atoms with E-state index in [0.717, 1.165) is 31.4 Å². The Bertz CT molecular complexity index is 1040. The zero-order chi connectivity index (χ0) is 27.7. The fourth-order valence-electron chi connectivity index (χ4n) is 8.10. The highest BCUT2D eigenvalue weighted by atomic mass is 17.2. The first kappa shape index (κ1) is 29.1. The average molecular weight is 523 g/mol. The summed E-state index contributed by atoms with van der Waals surface area (Å²) in [5.41, 5.74) is 3.91. The maximum absolute atomic E-state index is 12.6. The van der Waals surface area contributed by atoms with Gasteiger partial charge in [-0.05, 0) is 86.3 Å². The summed E-state index contributed by atoms with van der Waals surface area (Å²) in [5, 5.41) is 0. The smallest absolute Gasteiger partial charge is 0.175 e. The number of ketones is 1. The molecule has 1 fully saturated rings. The number of ether oxygens (including phenoxy) is 1. The van der Waals surface area contributed by atoms with Crippen LogP contribution in [0.15, 0.2) is 58.9 Å². The fourth-order valence-corrected chi connectivity index (χ4v) is 8.10. The summed E-state index contributed by atoms with van der Waals surface area (Å²) >= 11 is 0. The van der Waals surface area contributed by atoms with Crippen LogP contribution in [0.5, 0.6) is 0 Å². The first-order valence-corrected chi connectivity index (χ1v) is 14.8. The highest BCUT2D eigenvalue weighted by Crippen LogP contribution is 2.67. The molecule has 0 aromatic carbocycles. The van der Waals surface area contributed by atoms with Crippen molar-refractivity contribution in [3.8, 4) is 0 Å². The lowest BCUT2D eigenvalue weighted by molar-refractivity contribution is -0.271. The first-order chi connectivity index (χ1) is 18.0. The van der Waals surface area contributed by atoms with Gasteiger partial charge in [0, 0.05) is 16.2 Å². The number of rotatable bonds is 9. The lowest BCUT2D eigenvalue weighted by atomic mass is 9.42. The Morgan fingerprint density at radius 2 is 1.89 bits per heavy atom. The Hall–Kier alpha value is -1.91. The summed E-state index contributed by atoms with van der Waals surface area (Å²) < 4.78 is 6.18. The number of allylic oxidation sites excluding steroid dienone is 8. The Balaban J connectivity index is 1.79. The third-order valence-corrected chi connectivity index (χ3v) is 10.3. The molecule has 4 nitrogen and oxygen atoms in total. The van der Waals surface area contributed by atoms with E-state index in [4.69, 9.17) is 14.5 Å². The Morgan fingerprint density at radius 1 is 1.16 bits per heavy atom. The van der Waals surface area contributed by atoms with Crippen molar-refractivity contribution in [1.82, 2.24) is 0 Å². The van der Waals surface area contributed by atoms with Crippen molar-refractivity contribution in [2.75, 3.05) is 20.3 Å². The van der Waals surface area contributed by atoms with Crippen molar-refractivity contribution in [2.45, 2.75) is 87.0 Å². The molecule has 0 amide bonds. The van der Waals surface area contributed by atoms with Gasteiger partial charge in [0.1, 0.15) is 12.4 Å². The molecular weight excluding hydrogens is 472 g/mol. The highest BCUT2D eigenvalue weighted by Gasteiger charge is 2.59. The molecule has 5 atom stereocenters. The Morgan fingerprint density at radius 3 is 2.50 bits per heavy atom. The zero-order valence-corrected chi connectivity index (χ0v) is 25.1. The zero-order valence-electron chi connectivity index (χ0n) is 25.1. The molecule has 0 aromatic rings. The van der Waals surface area contributed by atoms with E-state index in [2.05, 4.69) is 64.2 Å². The van der Waals surface area contributed by atoms with E-state index >= 15 is 0 Å². The summed E-state index contributed by atoms with van der Waals surface area (Å²) in [7, 11) is 1.57. The van der Waals surface area contributed by atoms with E-state index in [-0.39, 0.29) is 23.2 Å². The molecule has 0 saturated heterocycles. The molecule has 210 valence electrons. The van der Waals surface area contributed by atoms with Crippen molar-refractivity contribution in [2.24, 2.45) is 39.9 Å². The second kappa shape index (κ2) is 11.3. The van der Waals surface area contributed by atoms with Gasteiger partial charge in [0.05, 0.1) is 13.7 Å². The van der Waals surface area contributed by atoms with E-state index < -0.39 is 5.41 Å². The molecule has 2 bridgehead atoms. The van der Waals surface area contributed by atoms with Gasteiger partial charge < -0.3 is 4.74 Å². The quantitative estimate of drug-likeness (QED) is 0.132. The lowest BCUT2D eigenvalue weighted by Gasteiger charge is -2.61. The number of carbonyl (C=O) groups is 1. The lowest BCUT2D eigenvalue weighted by Crippen LogP contribution is -2.54. The topological polar surface area (TPSA) is 44.8 Å². The van der Waals surface area contributed by atoms with Gasteiger partial charge in [-0.3, -0.25) is 4.79 Å².